The van der Waals surface area contributed by atoms with Crippen LogP contribution in [0, 0.1) is 0 Å². The molecule has 0 radical (unpaired) electrons. The number of alkyl halides is 3. The number of halogens is 3. The van der Waals surface area contributed by atoms with Gasteiger partial charge in [0.25, 0.3) is 0 Å². The summed E-state index contributed by atoms with van der Waals surface area (Å²) < 4.78 is 40.9. The number of ether oxygens (including phenoxy) is 1. The van der Waals surface area contributed by atoms with E-state index in [1.807, 2.05) is 6.92 Å². The van der Waals surface area contributed by atoms with Crippen LogP contribution in [0.3, 0.4) is 0 Å². The second kappa shape index (κ2) is 5.51. The van der Waals surface area contributed by atoms with Crippen molar-refractivity contribution < 1.29 is 22.7 Å². The van der Waals surface area contributed by atoms with Gasteiger partial charge in [0.05, 0.1) is 18.5 Å². The maximum Gasteiger partial charge on any atom is 0.471 e. The number of nitrogens with zero attached hydrogens (tertiary/aromatic N) is 1. The SMILES string of the molecule is CCCOc1ccc(NC(=O)C(F)(F)F)cn1. The highest BCUT2D eigenvalue weighted by Crippen LogP contribution is 2.18. The summed E-state index contributed by atoms with van der Waals surface area (Å²) in [5.41, 5.74) is -0.0313. The fourth-order valence-corrected chi connectivity index (χ4v) is 0.948. The van der Waals surface area contributed by atoms with Gasteiger partial charge in [-0.1, -0.05) is 6.92 Å². The van der Waals surface area contributed by atoms with E-state index >= 15 is 0 Å². The standard InChI is InChI=1S/C10H11F3N2O2/c1-2-5-17-8-4-3-7(6-14-8)15-9(16)10(11,12)13/h3-4,6H,2,5H2,1H3,(H,15,16). The molecule has 0 atom stereocenters. The van der Waals surface area contributed by atoms with Crippen molar-refractivity contribution in [3.63, 3.8) is 0 Å². The Morgan fingerprint density at radius 2 is 2.18 bits per heavy atom. The molecule has 0 fully saturated rings. The number of hydrogen-bond acceptors (Lipinski definition) is 3. The van der Waals surface area contributed by atoms with Crippen LogP contribution in [0.4, 0.5) is 18.9 Å². The highest BCUT2D eigenvalue weighted by Gasteiger charge is 2.38. The van der Waals surface area contributed by atoms with Crippen molar-refractivity contribution in [1.82, 2.24) is 4.98 Å². The number of anilines is 1. The molecule has 1 N–H and O–H groups in total. The molecule has 1 heterocycles. The Balaban J connectivity index is 2.59. The van der Waals surface area contributed by atoms with Gasteiger partial charge in [-0.05, 0) is 12.5 Å². The number of aromatic nitrogens is 1. The molecule has 0 saturated carbocycles. The Bertz CT molecular complexity index is 376. The van der Waals surface area contributed by atoms with Crippen LogP contribution in [0.5, 0.6) is 5.88 Å². The number of nitrogens with one attached hydrogen (secondary N) is 1. The van der Waals surface area contributed by atoms with Crippen LogP contribution in [0.1, 0.15) is 13.3 Å². The van der Waals surface area contributed by atoms with Gasteiger partial charge in [-0.25, -0.2) is 4.98 Å². The predicted octanol–water partition coefficient (Wildman–Crippen LogP) is 2.37. The normalized spacial score (nSPS) is 11.1. The number of pyridine rings is 1. The predicted molar refractivity (Wildman–Crippen MR) is 54.7 cm³/mol. The van der Waals surface area contributed by atoms with Crippen molar-refractivity contribution in [2.45, 2.75) is 19.5 Å². The fourth-order valence-electron chi connectivity index (χ4n) is 0.948. The van der Waals surface area contributed by atoms with Crippen LogP contribution in [0.15, 0.2) is 18.3 Å². The highest BCUT2D eigenvalue weighted by molar-refractivity contribution is 5.94. The van der Waals surface area contributed by atoms with Gasteiger partial charge < -0.3 is 10.1 Å². The van der Waals surface area contributed by atoms with Crippen LogP contribution in [0.25, 0.3) is 0 Å². The Kier molecular flexibility index (Phi) is 4.30. The largest absolute Gasteiger partial charge is 0.478 e. The molecular weight excluding hydrogens is 237 g/mol. The van der Waals surface area contributed by atoms with E-state index in [0.29, 0.717) is 12.5 Å². The minimum absolute atomic E-state index is 0.0313. The van der Waals surface area contributed by atoms with Gasteiger partial charge in [0.15, 0.2) is 0 Å². The average Bonchev–Trinajstić information content (AvgIpc) is 2.27. The van der Waals surface area contributed by atoms with E-state index < -0.39 is 12.1 Å². The van der Waals surface area contributed by atoms with Crippen molar-refractivity contribution in [1.29, 1.82) is 0 Å². The van der Waals surface area contributed by atoms with Crippen LogP contribution in [0.2, 0.25) is 0 Å². The van der Waals surface area contributed by atoms with Crippen molar-refractivity contribution in [2.24, 2.45) is 0 Å². The second-order valence-corrected chi connectivity index (χ2v) is 3.19. The first kappa shape index (κ1) is 13.3. The van der Waals surface area contributed by atoms with Gasteiger partial charge in [-0.15, -0.1) is 0 Å². The molecule has 94 valence electrons. The molecule has 0 bridgehead atoms. The van der Waals surface area contributed by atoms with E-state index in [1.165, 1.54) is 12.1 Å². The molecule has 0 aromatic carbocycles. The van der Waals surface area contributed by atoms with Crippen molar-refractivity contribution >= 4 is 11.6 Å². The maximum absolute atomic E-state index is 11.9. The summed E-state index contributed by atoms with van der Waals surface area (Å²) in [5, 5.41) is 1.68. The first-order chi connectivity index (χ1) is 7.93. The summed E-state index contributed by atoms with van der Waals surface area (Å²) in [6.45, 7) is 2.39. The van der Waals surface area contributed by atoms with Crippen LogP contribution in [-0.4, -0.2) is 23.7 Å². The smallest absolute Gasteiger partial charge is 0.471 e. The fraction of sp³-hybridized carbons (Fsp3) is 0.400. The van der Waals surface area contributed by atoms with E-state index in [9.17, 15) is 18.0 Å². The average molecular weight is 248 g/mol. The third-order valence-electron chi connectivity index (χ3n) is 1.71. The molecule has 0 aliphatic carbocycles. The minimum Gasteiger partial charge on any atom is -0.478 e. The van der Waals surface area contributed by atoms with E-state index in [1.54, 1.807) is 5.32 Å². The number of rotatable bonds is 4. The first-order valence-corrected chi connectivity index (χ1v) is 4.90. The Morgan fingerprint density at radius 3 is 2.65 bits per heavy atom. The minimum atomic E-state index is -4.91. The van der Waals surface area contributed by atoms with Crippen molar-refractivity contribution in [3.05, 3.63) is 18.3 Å². The Morgan fingerprint density at radius 1 is 1.47 bits per heavy atom. The van der Waals surface area contributed by atoms with Crippen molar-refractivity contribution in [2.75, 3.05) is 11.9 Å². The molecule has 0 saturated heterocycles. The van der Waals surface area contributed by atoms with Gasteiger partial charge in [0, 0.05) is 6.07 Å². The molecule has 17 heavy (non-hydrogen) atoms. The summed E-state index contributed by atoms with van der Waals surface area (Å²) >= 11 is 0. The lowest BCUT2D eigenvalue weighted by Gasteiger charge is -2.08. The van der Waals surface area contributed by atoms with Gasteiger partial charge in [-0.3, -0.25) is 4.79 Å². The topological polar surface area (TPSA) is 51.2 Å². The maximum atomic E-state index is 11.9. The molecule has 0 aliphatic rings. The Labute approximate surface area is 95.8 Å². The summed E-state index contributed by atoms with van der Waals surface area (Å²) in [5.74, 6) is -1.72. The summed E-state index contributed by atoms with van der Waals surface area (Å²) in [7, 11) is 0. The zero-order valence-corrected chi connectivity index (χ0v) is 9.04. The quantitative estimate of drug-likeness (QED) is 0.889. The molecule has 0 aliphatic heterocycles. The highest BCUT2D eigenvalue weighted by atomic mass is 19.4. The molecule has 0 unspecified atom stereocenters. The first-order valence-electron chi connectivity index (χ1n) is 4.90. The summed E-state index contributed by atoms with van der Waals surface area (Å²) in [6.07, 6.45) is -3.00. The third kappa shape index (κ3) is 4.29. The van der Waals surface area contributed by atoms with E-state index in [0.717, 1.165) is 12.6 Å². The number of carbonyl (C=O) groups is 1. The monoisotopic (exact) mass is 248 g/mol. The molecular formula is C10H11F3N2O2. The number of amides is 1. The molecule has 0 spiro atoms. The molecule has 7 heteroatoms. The van der Waals surface area contributed by atoms with E-state index in [-0.39, 0.29) is 5.69 Å². The van der Waals surface area contributed by atoms with Gasteiger partial charge >= 0.3 is 12.1 Å². The lowest BCUT2D eigenvalue weighted by molar-refractivity contribution is -0.167. The molecule has 1 amide bonds. The molecule has 1 rings (SSSR count). The third-order valence-corrected chi connectivity index (χ3v) is 1.71. The number of hydrogen-bond donors (Lipinski definition) is 1. The van der Waals surface area contributed by atoms with Gasteiger partial charge in [0.2, 0.25) is 5.88 Å². The Hall–Kier alpha value is -1.79. The van der Waals surface area contributed by atoms with Crippen LogP contribution < -0.4 is 10.1 Å². The van der Waals surface area contributed by atoms with E-state index in [4.69, 9.17) is 4.74 Å². The van der Waals surface area contributed by atoms with Crippen LogP contribution >= 0.6 is 0 Å². The number of carbonyl (C=O) groups excluding carboxylic acids is 1. The van der Waals surface area contributed by atoms with Gasteiger partial charge in [-0.2, -0.15) is 13.2 Å². The zero-order chi connectivity index (χ0) is 12.9. The zero-order valence-electron chi connectivity index (χ0n) is 9.04. The lowest BCUT2D eigenvalue weighted by Crippen LogP contribution is -2.29. The molecule has 4 nitrogen and oxygen atoms in total. The molecule has 1 aromatic rings. The summed E-state index contributed by atoms with van der Waals surface area (Å²) in [6, 6.07) is 2.68. The van der Waals surface area contributed by atoms with Gasteiger partial charge in [0.1, 0.15) is 0 Å². The molecule has 1 aromatic heterocycles. The lowest BCUT2D eigenvalue weighted by atomic mass is 10.4. The van der Waals surface area contributed by atoms with Crippen LogP contribution in [-0.2, 0) is 4.79 Å². The summed E-state index contributed by atoms with van der Waals surface area (Å²) in [4.78, 5) is 14.3. The second-order valence-electron chi connectivity index (χ2n) is 3.19. The van der Waals surface area contributed by atoms with Crippen molar-refractivity contribution in [3.8, 4) is 5.88 Å². The van der Waals surface area contributed by atoms with E-state index in [2.05, 4.69) is 4.98 Å².